The van der Waals surface area contributed by atoms with Gasteiger partial charge in [0.15, 0.2) is 5.15 Å². The standard InChI is InChI=1S/C19H20ClN5/c20-18-17-16(6-9-21-18)19(24-13-23-17)22-8-3-10-25-11-7-14-4-1-2-5-15(14)12-25/h1-2,4-6,9,13H,3,7-8,10-12H2,(H,22,23,24). The maximum atomic E-state index is 6.10. The number of halogens is 1. The van der Waals surface area contributed by atoms with Crippen LogP contribution in [0.25, 0.3) is 10.9 Å². The molecule has 25 heavy (non-hydrogen) atoms. The van der Waals surface area contributed by atoms with E-state index in [-0.39, 0.29) is 0 Å². The summed E-state index contributed by atoms with van der Waals surface area (Å²) < 4.78 is 0. The average molecular weight is 354 g/mol. The molecule has 1 aliphatic heterocycles. The van der Waals surface area contributed by atoms with E-state index >= 15 is 0 Å². The maximum Gasteiger partial charge on any atom is 0.155 e. The first-order valence-corrected chi connectivity index (χ1v) is 8.97. The summed E-state index contributed by atoms with van der Waals surface area (Å²) in [6.45, 7) is 4.12. The second-order valence-electron chi connectivity index (χ2n) is 6.30. The lowest BCUT2D eigenvalue weighted by molar-refractivity contribution is 0.253. The predicted octanol–water partition coefficient (Wildman–Crippen LogP) is 3.54. The van der Waals surface area contributed by atoms with Crippen LogP contribution in [0.4, 0.5) is 5.82 Å². The van der Waals surface area contributed by atoms with Gasteiger partial charge >= 0.3 is 0 Å². The largest absolute Gasteiger partial charge is 0.369 e. The normalized spacial score (nSPS) is 14.4. The van der Waals surface area contributed by atoms with Gasteiger partial charge in [0.2, 0.25) is 0 Å². The van der Waals surface area contributed by atoms with Crippen LogP contribution >= 0.6 is 11.6 Å². The molecular weight excluding hydrogens is 334 g/mol. The number of anilines is 1. The van der Waals surface area contributed by atoms with E-state index < -0.39 is 0 Å². The van der Waals surface area contributed by atoms with Crippen LogP contribution in [0.2, 0.25) is 5.15 Å². The van der Waals surface area contributed by atoms with Crippen LogP contribution in [0, 0.1) is 0 Å². The first-order chi connectivity index (χ1) is 12.3. The minimum absolute atomic E-state index is 0.412. The molecule has 1 N–H and O–H groups in total. The van der Waals surface area contributed by atoms with Gasteiger partial charge in [0.1, 0.15) is 17.7 Å². The van der Waals surface area contributed by atoms with Gasteiger partial charge in [0.05, 0.1) is 0 Å². The number of aromatic nitrogens is 3. The smallest absolute Gasteiger partial charge is 0.155 e. The van der Waals surface area contributed by atoms with Crippen LogP contribution in [0.15, 0.2) is 42.9 Å². The highest BCUT2D eigenvalue weighted by Gasteiger charge is 2.15. The number of fused-ring (bicyclic) bond motifs is 2. The number of nitrogens with one attached hydrogen (secondary N) is 1. The Morgan fingerprint density at radius 2 is 1.96 bits per heavy atom. The molecule has 128 valence electrons. The van der Waals surface area contributed by atoms with Gasteiger partial charge in [-0.05, 0) is 30.0 Å². The van der Waals surface area contributed by atoms with Crippen molar-refractivity contribution in [2.24, 2.45) is 0 Å². The molecule has 0 saturated carbocycles. The lowest BCUT2D eigenvalue weighted by Gasteiger charge is -2.28. The first-order valence-electron chi connectivity index (χ1n) is 8.59. The van der Waals surface area contributed by atoms with Crippen molar-refractivity contribution in [1.29, 1.82) is 0 Å². The molecule has 0 bridgehead atoms. The number of pyridine rings is 1. The van der Waals surface area contributed by atoms with Crippen molar-refractivity contribution >= 4 is 28.3 Å². The lowest BCUT2D eigenvalue weighted by Crippen LogP contribution is -2.32. The molecule has 6 heteroatoms. The first kappa shape index (κ1) is 16.2. The van der Waals surface area contributed by atoms with Gasteiger partial charge in [-0.3, -0.25) is 4.90 Å². The van der Waals surface area contributed by atoms with Crippen molar-refractivity contribution in [3.05, 3.63) is 59.1 Å². The molecule has 3 aromatic rings. The maximum absolute atomic E-state index is 6.10. The SMILES string of the molecule is Clc1nccc2c(NCCCN3CCc4ccccc4C3)ncnc12. The van der Waals surface area contributed by atoms with Crippen LogP contribution in [0.3, 0.4) is 0 Å². The number of nitrogens with zero attached hydrogens (tertiary/aromatic N) is 4. The fraction of sp³-hybridized carbons (Fsp3) is 0.316. The fourth-order valence-electron chi connectivity index (χ4n) is 3.35. The summed E-state index contributed by atoms with van der Waals surface area (Å²) in [6, 6.07) is 10.6. The number of hydrogen-bond acceptors (Lipinski definition) is 5. The summed E-state index contributed by atoms with van der Waals surface area (Å²) in [5.74, 6) is 0.818. The van der Waals surface area contributed by atoms with Crippen molar-refractivity contribution < 1.29 is 0 Å². The van der Waals surface area contributed by atoms with E-state index in [1.807, 2.05) is 6.07 Å². The molecule has 1 aromatic carbocycles. The molecule has 0 unspecified atom stereocenters. The van der Waals surface area contributed by atoms with Gasteiger partial charge in [0, 0.05) is 37.8 Å². The molecule has 0 amide bonds. The van der Waals surface area contributed by atoms with Crippen LogP contribution < -0.4 is 5.32 Å². The van der Waals surface area contributed by atoms with E-state index in [1.165, 1.54) is 17.5 Å². The zero-order chi connectivity index (χ0) is 17.1. The summed E-state index contributed by atoms with van der Waals surface area (Å²) in [5, 5.41) is 4.73. The van der Waals surface area contributed by atoms with Gasteiger partial charge < -0.3 is 5.32 Å². The third-order valence-corrected chi connectivity index (χ3v) is 4.94. The van der Waals surface area contributed by atoms with E-state index in [4.69, 9.17) is 11.6 Å². The fourth-order valence-corrected chi connectivity index (χ4v) is 3.56. The van der Waals surface area contributed by atoms with Crippen LogP contribution in [0.1, 0.15) is 17.5 Å². The van der Waals surface area contributed by atoms with Gasteiger partial charge in [-0.2, -0.15) is 0 Å². The summed E-state index contributed by atoms with van der Waals surface area (Å²) in [4.78, 5) is 15.1. The molecule has 3 heterocycles. The molecular formula is C19H20ClN5. The predicted molar refractivity (Wildman–Crippen MR) is 101 cm³/mol. The Kier molecular flexibility index (Phi) is 4.76. The quantitative estimate of drug-likeness (QED) is 0.561. The zero-order valence-corrected chi connectivity index (χ0v) is 14.7. The number of benzene rings is 1. The summed E-state index contributed by atoms with van der Waals surface area (Å²) in [7, 11) is 0. The van der Waals surface area contributed by atoms with Crippen molar-refractivity contribution in [1.82, 2.24) is 19.9 Å². The molecule has 1 aliphatic rings. The minimum atomic E-state index is 0.412. The molecule has 0 aliphatic carbocycles. The van der Waals surface area contributed by atoms with E-state index in [0.717, 1.165) is 50.2 Å². The van der Waals surface area contributed by atoms with Crippen LogP contribution in [-0.4, -0.2) is 39.5 Å². The molecule has 5 nitrogen and oxygen atoms in total. The van der Waals surface area contributed by atoms with E-state index in [0.29, 0.717) is 10.7 Å². The molecule has 4 rings (SSSR count). The third-order valence-electron chi connectivity index (χ3n) is 4.66. The molecule has 2 aromatic heterocycles. The number of rotatable bonds is 5. The zero-order valence-electron chi connectivity index (χ0n) is 14.0. The Morgan fingerprint density at radius 3 is 2.88 bits per heavy atom. The molecule has 0 saturated heterocycles. The van der Waals surface area contributed by atoms with E-state index in [9.17, 15) is 0 Å². The summed E-state index contributed by atoms with van der Waals surface area (Å²) in [5.41, 5.74) is 3.65. The highest BCUT2D eigenvalue weighted by atomic mass is 35.5. The second-order valence-corrected chi connectivity index (χ2v) is 6.65. The Balaban J connectivity index is 1.33. The van der Waals surface area contributed by atoms with E-state index in [1.54, 1.807) is 6.20 Å². The topological polar surface area (TPSA) is 53.9 Å². The van der Waals surface area contributed by atoms with Crippen molar-refractivity contribution in [2.75, 3.05) is 25.0 Å². The lowest BCUT2D eigenvalue weighted by atomic mass is 10.00. The van der Waals surface area contributed by atoms with E-state index in [2.05, 4.69) is 49.4 Å². The Hall–Kier alpha value is -2.24. The van der Waals surface area contributed by atoms with Gasteiger partial charge in [-0.1, -0.05) is 35.9 Å². The van der Waals surface area contributed by atoms with Gasteiger partial charge in [0.25, 0.3) is 0 Å². The van der Waals surface area contributed by atoms with Crippen molar-refractivity contribution in [3.63, 3.8) is 0 Å². The second kappa shape index (κ2) is 7.33. The molecule has 0 spiro atoms. The summed E-state index contributed by atoms with van der Waals surface area (Å²) >= 11 is 6.10. The van der Waals surface area contributed by atoms with Gasteiger partial charge in [-0.15, -0.1) is 0 Å². The third kappa shape index (κ3) is 3.57. The number of hydrogen-bond donors (Lipinski definition) is 1. The summed E-state index contributed by atoms with van der Waals surface area (Å²) in [6.07, 6.45) is 5.42. The van der Waals surface area contributed by atoms with Crippen molar-refractivity contribution in [3.8, 4) is 0 Å². The minimum Gasteiger partial charge on any atom is -0.369 e. The van der Waals surface area contributed by atoms with Crippen LogP contribution in [-0.2, 0) is 13.0 Å². The Morgan fingerprint density at radius 1 is 1.08 bits per heavy atom. The average Bonchev–Trinajstić information content (AvgIpc) is 2.66. The Bertz CT molecular complexity index is 883. The van der Waals surface area contributed by atoms with Crippen molar-refractivity contribution in [2.45, 2.75) is 19.4 Å². The molecule has 0 radical (unpaired) electrons. The monoisotopic (exact) mass is 353 g/mol. The highest BCUT2D eigenvalue weighted by Crippen LogP contribution is 2.23. The Labute approximate surface area is 152 Å². The molecule has 0 atom stereocenters. The molecule has 0 fully saturated rings. The van der Waals surface area contributed by atoms with Crippen LogP contribution in [0.5, 0.6) is 0 Å². The van der Waals surface area contributed by atoms with Gasteiger partial charge in [-0.25, -0.2) is 15.0 Å². The highest BCUT2D eigenvalue weighted by molar-refractivity contribution is 6.34.